The number of methoxy groups -OCH3 is 1. The maximum atomic E-state index is 5.56. The zero-order chi connectivity index (χ0) is 20.7. The number of hydrogen-bond acceptors (Lipinski definition) is 8. The SMILES string of the molecule is CCn1nc2c(c1Nc1nc(-c3ccc(N4C=NC(C)C4)c(OC)n3)cs1)CCC2. The molecular formula is C21H25N7OS. The van der Waals surface area contributed by atoms with E-state index in [1.807, 2.05) is 28.5 Å². The molecule has 2 aliphatic rings. The number of nitrogens with zero attached hydrogens (tertiary/aromatic N) is 6. The van der Waals surface area contributed by atoms with Gasteiger partial charge in [0.1, 0.15) is 17.2 Å². The van der Waals surface area contributed by atoms with Gasteiger partial charge < -0.3 is 15.0 Å². The molecular weight excluding hydrogens is 398 g/mol. The number of rotatable bonds is 6. The number of aliphatic imine (C=N–C) groups is 1. The van der Waals surface area contributed by atoms with Crippen molar-refractivity contribution in [2.45, 2.75) is 45.7 Å². The van der Waals surface area contributed by atoms with Crippen molar-refractivity contribution < 1.29 is 4.74 Å². The Bertz CT molecular complexity index is 1100. The second kappa shape index (κ2) is 7.71. The zero-order valence-corrected chi connectivity index (χ0v) is 18.2. The summed E-state index contributed by atoms with van der Waals surface area (Å²) in [6.45, 7) is 5.88. The van der Waals surface area contributed by atoms with Crippen LogP contribution in [0.3, 0.4) is 0 Å². The molecule has 0 amide bonds. The van der Waals surface area contributed by atoms with E-state index in [0.717, 1.165) is 54.0 Å². The van der Waals surface area contributed by atoms with Crippen molar-refractivity contribution in [2.24, 2.45) is 4.99 Å². The summed E-state index contributed by atoms with van der Waals surface area (Å²) in [5.41, 5.74) is 5.09. The molecule has 0 saturated heterocycles. The van der Waals surface area contributed by atoms with Gasteiger partial charge in [0, 0.05) is 24.0 Å². The van der Waals surface area contributed by atoms with Crippen molar-refractivity contribution in [1.29, 1.82) is 0 Å². The summed E-state index contributed by atoms with van der Waals surface area (Å²) in [7, 11) is 1.65. The van der Waals surface area contributed by atoms with Crippen LogP contribution >= 0.6 is 11.3 Å². The molecule has 0 fully saturated rings. The predicted octanol–water partition coefficient (Wildman–Crippen LogP) is 3.90. The highest BCUT2D eigenvalue weighted by atomic mass is 32.1. The van der Waals surface area contributed by atoms with Crippen molar-refractivity contribution in [3.63, 3.8) is 0 Å². The van der Waals surface area contributed by atoms with E-state index in [-0.39, 0.29) is 6.04 Å². The normalized spacial score (nSPS) is 17.6. The largest absolute Gasteiger partial charge is 0.479 e. The number of aromatic nitrogens is 4. The molecule has 0 bridgehead atoms. The van der Waals surface area contributed by atoms with Crippen LogP contribution in [0.2, 0.25) is 0 Å². The van der Waals surface area contributed by atoms with Crippen LogP contribution in [-0.2, 0) is 19.4 Å². The Morgan fingerprint density at radius 2 is 2.13 bits per heavy atom. The first kappa shape index (κ1) is 19.0. The van der Waals surface area contributed by atoms with Gasteiger partial charge in [0.15, 0.2) is 5.13 Å². The summed E-state index contributed by atoms with van der Waals surface area (Å²) in [4.78, 5) is 16.0. The molecule has 3 aromatic heterocycles. The summed E-state index contributed by atoms with van der Waals surface area (Å²) >= 11 is 1.57. The van der Waals surface area contributed by atoms with Gasteiger partial charge in [-0.05, 0) is 45.2 Å². The van der Waals surface area contributed by atoms with Gasteiger partial charge in [-0.15, -0.1) is 11.3 Å². The Labute approximate surface area is 179 Å². The molecule has 1 aliphatic heterocycles. The Morgan fingerprint density at radius 3 is 2.90 bits per heavy atom. The minimum Gasteiger partial charge on any atom is -0.479 e. The number of fused-ring (bicyclic) bond motifs is 1. The van der Waals surface area contributed by atoms with Crippen molar-refractivity contribution in [1.82, 2.24) is 19.7 Å². The van der Waals surface area contributed by atoms with Crippen LogP contribution in [0.4, 0.5) is 16.6 Å². The van der Waals surface area contributed by atoms with E-state index in [2.05, 4.69) is 29.1 Å². The van der Waals surface area contributed by atoms with Crippen LogP contribution in [0.15, 0.2) is 22.5 Å². The molecule has 1 aliphatic carbocycles. The molecule has 4 heterocycles. The van der Waals surface area contributed by atoms with Crippen LogP contribution in [-0.4, -0.2) is 45.8 Å². The van der Waals surface area contributed by atoms with Gasteiger partial charge in [0.2, 0.25) is 5.88 Å². The molecule has 0 aromatic carbocycles. The molecule has 30 heavy (non-hydrogen) atoms. The Hall–Kier alpha value is -2.94. The highest BCUT2D eigenvalue weighted by Crippen LogP contribution is 2.35. The fraction of sp³-hybridized carbons (Fsp3) is 0.429. The lowest BCUT2D eigenvalue weighted by atomic mass is 10.2. The topological polar surface area (TPSA) is 80.5 Å². The van der Waals surface area contributed by atoms with Gasteiger partial charge in [0.25, 0.3) is 0 Å². The third kappa shape index (κ3) is 3.32. The van der Waals surface area contributed by atoms with Crippen molar-refractivity contribution in [3.8, 4) is 17.3 Å². The van der Waals surface area contributed by atoms with E-state index in [4.69, 9.17) is 19.8 Å². The second-order valence-corrected chi connectivity index (χ2v) is 8.45. The minimum absolute atomic E-state index is 0.277. The van der Waals surface area contributed by atoms with Crippen LogP contribution in [0.1, 0.15) is 31.5 Å². The van der Waals surface area contributed by atoms with E-state index in [1.54, 1.807) is 18.4 Å². The number of hydrogen-bond donors (Lipinski definition) is 1. The number of pyridine rings is 1. The third-order valence-corrected chi connectivity index (χ3v) is 6.29. The maximum absolute atomic E-state index is 5.56. The van der Waals surface area contributed by atoms with Crippen molar-refractivity contribution >= 4 is 34.3 Å². The lowest BCUT2D eigenvalue weighted by Gasteiger charge is -2.17. The Morgan fingerprint density at radius 1 is 1.23 bits per heavy atom. The van der Waals surface area contributed by atoms with Gasteiger partial charge in [-0.2, -0.15) is 5.10 Å². The van der Waals surface area contributed by atoms with Gasteiger partial charge >= 0.3 is 0 Å². The number of anilines is 3. The molecule has 8 nitrogen and oxygen atoms in total. The van der Waals surface area contributed by atoms with Crippen molar-refractivity contribution in [3.05, 3.63) is 28.8 Å². The monoisotopic (exact) mass is 423 g/mol. The molecule has 3 aromatic rings. The summed E-state index contributed by atoms with van der Waals surface area (Å²) in [5.74, 6) is 1.66. The van der Waals surface area contributed by atoms with E-state index in [0.29, 0.717) is 5.88 Å². The van der Waals surface area contributed by atoms with E-state index >= 15 is 0 Å². The summed E-state index contributed by atoms with van der Waals surface area (Å²) < 4.78 is 7.60. The lowest BCUT2D eigenvalue weighted by Crippen LogP contribution is -2.22. The standard InChI is InChI=1S/C21H25N7OS/c1-4-28-19(14-6-5-7-15(14)26-28)25-21-24-17(11-30-21)16-8-9-18(20(23-16)29-3)27-10-13(2)22-12-27/h8-9,11-13H,4-7,10H2,1-3H3,(H,24,25). The Kier molecular flexibility index (Phi) is 4.90. The number of ether oxygens (including phenoxy) is 1. The summed E-state index contributed by atoms with van der Waals surface area (Å²) in [6, 6.07) is 4.29. The van der Waals surface area contributed by atoms with E-state index < -0.39 is 0 Å². The highest BCUT2D eigenvalue weighted by molar-refractivity contribution is 7.14. The van der Waals surface area contributed by atoms with Gasteiger partial charge in [-0.3, -0.25) is 4.99 Å². The number of thiazole rings is 1. The average Bonchev–Trinajstić information content (AvgIpc) is 3.53. The molecule has 0 saturated carbocycles. The van der Waals surface area contributed by atoms with Crippen LogP contribution in [0.5, 0.6) is 5.88 Å². The second-order valence-electron chi connectivity index (χ2n) is 7.60. The first-order valence-corrected chi connectivity index (χ1v) is 11.2. The van der Waals surface area contributed by atoms with E-state index in [9.17, 15) is 0 Å². The molecule has 156 valence electrons. The molecule has 0 spiro atoms. The predicted molar refractivity (Wildman–Crippen MR) is 120 cm³/mol. The fourth-order valence-corrected chi connectivity index (χ4v) is 4.75. The number of nitrogens with one attached hydrogen (secondary N) is 1. The number of aryl methyl sites for hydroxylation is 2. The van der Waals surface area contributed by atoms with Crippen LogP contribution < -0.4 is 15.0 Å². The Balaban J connectivity index is 1.40. The molecule has 5 rings (SSSR count). The molecule has 9 heteroatoms. The first-order chi connectivity index (χ1) is 14.7. The zero-order valence-electron chi connectivity index (χ0n) is 17.4. The van der Waals surface area contributed by atoms with Crippen LogP contribution in [0.25, 0.3) is 11.4 Å². The highest BCUT2D eigenvalue weighted by Gasteiger charge is 2.23. The molecule has 1 unspecified atom stereocenters. The summed E-state index contributed by atoms with van der Waals surface area (Å²) in [5, 5.41) is 11.1. The maximum Gasteiger partial charge on any atom is 0.238 e. The molecule has 0 radical (unpaired) electrons. The quantitative estimate of drug-likeness (QED) is 0.648. The average molecular weight is 424 g/mol. The van der Waals surface area contributed by atoms with Crippen molar-refractivity contribution in [2.75, 3.05) is 23.9 Å². The molecule has 1 atom stereocenters. The molecule has 1 N–H and O–H groups in total. The van der Waals surface area contributed by atoms with E-state index in [1.165, 1.54) is 17.7 Å². The van der Waals surface area contributed by atoms with Gasteiger partial charge in [-0.1, -0.05) is 0 Å². The summed E-state index contributed by atoms with van der Waals surface area (Å²) in [6.07, 6.45) is 5.17. The third-order valence-electron chi connectivity index (χ3n) is 5.53. The van der Waals surface area contributed by atoms with Gasteiger partial charge in [0.05, 0.1) is 30.9 Å². The smallest absolute Gasteiger partial charge is 0.238 e. The lowest BCUT2D eigenvalue weighted by molar-refractivity contribution is 0.399. The fourth-order valence-electron chi connectivity index (χ4n) is 4.04. The van der Waals surface area contributed by atoms with Gasteiger partial charge in [-0.25, -0.2) is 14.6 Å². The minimum atomic E-state index is 0.277. The van der Waals surface area contributed by atoms with Crippen LogP contribution in [0, 0.1) is 0 Å². The first-order valence-electron chi connectivity index (χ1n) is 10.3.